The Kier molecular flexibility index (Phi) is 1.33. The van der Waals surface area contributed by atoms with Gasteiger partial charge in [-0.2, -0.15) is 0 Å². The van der Waals surface area contributed by atoms with Crippen LogP contribution in [0.3, 0.4) is 0 Å². The molecule has 0 saturated heterocycles. The van der Waals surface area contributed by atoms with Gasteiger partial charge in [0, 0.05) is 0 Å². The first-order chi connectivity index (χ1) is 3.00. The molecule has 0 atom stereocenters. The molecule has 0 aromatic carbocycles. The first kappa shape index (κ1) is 3.93. The minimum Gasteiger partial charge on any atom is -0.281 e. The third-order valence-electron chi connectivity index (χ3n) is 0.469. The second-order valence-corrected chi connectivity index (χ2v) is 1.62. The standard InChI is InChI=1S/C4H4NS/c1-2-5-4-6-3-1/h3-4H,2H2. The summed E-state index contributed by atoms with van der Waals surface area (Å²) in [6.45, 7) is 0.743. The van der Waals surface area contributed by atoms with Crippen molar-refractivity contribution >= 4 is 17.3 Å². The van der Waals surface area contributed by atoms with Gasteiger partial charge in [-0.05, 0) is 11.5 Å². The molecule has 1 radical (unpaired) electrons. The number of hydrogen-bond donors (Lipinski definition) is 0. The molecule has 0 N–H and O–H groups in total. The fourth-order valence-corrected chi connectivity index (χ4v) is 0.641. The number of nitrogens with zero attached hydrogens (tertiary/aromatic N) is 1. The van der Waals surface area contributed by atoms with E-state index < -0.39 is 0 Å². The average molecular weight is 98.1 g/mol. The van der Waals surface area contributed by atoms with Gasteiger partial charge in [-0.25, -0.2) is 0 Å². The topological polar surface area (TPSA) is 12.4 Å². The quantitative estimate of drug-likeness (QED) is 0.441. The molecule has 1 rings (SSSR count). The molecule has 0 aromatic heterocycles. The molecule has 0 amide bonds. The highest BCUT2D eigenvalue weighted by Crippen LogP contribution is 1.99. The molecule has 0 fully saturated rings. The SMILES string of the molecule is [C]1=CSC=NC1. The van der Waals surface area contributed by atoms with Crippen LogP contribution in [0.25, 0.3) is 0 Å². The van der Waals surface area contributed by atoms with Gasteiger partial charge in [-0.3, -0.25) is 4.99 Å². The zero-order valence-corrected chi connectivity index (χ0v) is 4.03. The van der Waals surface area contributed by atoms with Crippen LogP contribution in [-0.2, 0) is 0 Å². The summed E-state index contributed by atoms with van der Waals surface area (Å²) in [4.78, 5) is 3.87. The predicted octanol–water partition coefficient (Wildman–Crippen LogP) is 1.08. The third-order valence-corrected chi connectivity index (χ3v) is 1.04. The maximum absolute atomic E-state index is 3.87. The van der Waals surface area contributed by atoms with E-state index in [2.05, 4.69) is 11.1 Å². The van der Waals surface area contributed by atoms with E-state index in [9.17, 15) is 0 Å². The van der Waals surface area contributed by atoms with Crippen LogP contribution in [0, 0.1) is 6.08 Å². The summed E-state index contributed by atoms with van der Waals surface area (Å²) >= 11 is 1.57. The molecule has 1 heterocycles. The van der Waals surface area contributed by atoms with E-state index in [0.717, 1.165) is 6.54 Å². The Morgan fingerprint density at radius 1 is 1.83 bits per heavy atom. The van der Waals surface area contributed by atoms with Crippen LogP contribution in [0.5, 0.6) is 0 Å². The summed E-state index contributed by atoms with van der Waals surface area (Å²) < 4.78 is 0. The van der Waals surface area contributed by atoms with Crippen molar-refractivity contribution in [3.05, 3.63) is 11.5 Å². The number of rotatable bonds is 0. The Bertz CT molecular complexity index is 65.5. The van der Waals surface area contributed by atoms with Crippen LogP contribution in [0.2, 0.25) is 0 Å². The van der Waals surface area contributed by atoms with Crippen molar-refractivity contribution in [2.45, 2.75) is 0 Å². The van der Waals surface area contributed by atoms with Gasteiger partial charge in [-0.1, -0.05) is 11.8 Å². The highest BCUT2D eigenvalue weighted by molar-refractivity contribution is 8.14. The predicted molar refractivity (Wildman–Crippen MR) is 28.8 cm³/mol. The number of thioether (sulfide) groups is 1. The molecular weight excluding hydrogens is 94.1 g/mol. The summed E-state index contributed by atoms with van der Waals surface area (Å²) in [7, 11) is 0. The first-order valence-corrected chi connectivity index (χ1v) is 2.63. The number of hydrogen-bond acceptors (Lipinski definition) is 2. The minimum atomic E-state index is 0.743. The molecule has 0 aromatic rings. The molecule has 1 aliphatic heterocycles. The molecule has 0 spiro atoms. The smallest absolute Gasteiger partial charge is 0.0654 e. The third kappa shape index (κ3) is 0.863. The first-order valence-electron chi connectivity index (χ1n) is 1.69. The monoisotopic (exact) mass is 98.0 g/mol. The molecule has 1 aliphatic rings. The molecule has 0 aliphatic carbocycles. The summed E-state index contributed by atoms with van der Waals surface area (Å²) in [6, 6.07) is 0. The van der Waals surface area contributed by atoms with Crippen molar-refractivity contribution in [1.82, 2.24) is 0 Å². The van der Waals surface area contributed by atoms with E-state index in [0.29, 0.717) is 0 Å². The van der Waals surface area contributed by atoms with E-state index in [1.54, 1.807) is 11.8 Å². The van der Waals surface area contributed by atoms with Gasteiger partial charge in [-0.15, -0.1) is 0 Å². The second-order valence-electron chi connectivity index (χ2n) is 0.904. The van der Waals surface area contributed by atoms with Gasteiger partial charge >= 0.3 is 0 Å². The summed E-state index contributed by atoms with van der Waals surface area (Å²) in [5.41, 5.74) is 1.82. The van der Waals surface area contributed by atoms with Crippen molar-refractivity contribution in [3.8, 4) is 0 Å². The van der Waals surface area contributed by atoms with Gasteiger partial charge in [0.15, 0.2) is 0 Å². The lowest BCUT2D eigenvalue weighted by Gasteiger charge is -1.86. The fraction of sp³-hybridized carbons (Fsp3) is 0.250. The van der Waals surface area contributed by atoms with Crippen molar-refractivity contribution in [2.75, 3.05) is 6.54 Å². The Hall–Kier alpha value is -0.240. The van der Waals surface area contributed by atoms with E-state index >= 15 is 0 Å². The average Bonchev–Trinajstić information content (AvgIpc) is 1.72. The molecule has 0 unspecified atom stereocenters. The van der Waals surface area contributed by atoms with Gasteiger partial charge in [0.2, 0.25) is 0 Å². The largest absolute Gasteiger partial charge is 0.281 e. The molecule has 0 saturated carbocycles. The molecule has 2 heteroatoms. The highest BCUT2D eigenvalue weighted by atomic mass is 32.2. The zero-order chi connectivity index (χ0) is 4.24. The fourth-order valence-electron chi connectivity index (χ4n) is 0.249. The lowest BCUT2D eigenvalue weighted by Crippen LogP contribution is -1.75. The zero-order valence-electron chi connectivity index (χ0n) is 3.22. The molecule has 6 heavy (non-hydrogen) atoms. The Balaban J connectivity index is 2.40. The van der Waals surface area contributed by atoms with Crippen molar-refractivity contribution < 1.29 is 0 Å². The van der Waals surface area contributed by atoms with Gasteiger partial charge in [0.05, 0.1) is 12.1 Å². The van der Waals surface area contributed by atoms with E-state index in [1.807, 2.05) is 11.0 Å². The van der Waals surface area contributed by atoms with Crippen LogP contribution in [0.4, 0.5) is 0 Å². The molecule has 1 nitrogen and oxygen atoms in total. The number of aliphatic imine (C=N–C) groups is 1. The van der Waals surface area contributed by atoms with E-state index in [-0.39, 0.29) is 0 Å². The summed E-state index contributed by atoms with van der Waals surface area (Å²) in [5, 5.41) is 1.91. The summed E-state index contributed by atoms with van der Waals surface area (Å²) in [5.74, 6) is 0. The Labute approximate surface area is 41.2 Å². The highest BCUT2D eigenvalue weighted by Gasteiger charge is 1.78. The van der Waals surface area contributed by atoms with Crippen LogP contribution < -0.4 is 0 Å². The Morgan fingerprint density at radius 2 is 2.83 bits per heavy atom. The van der Waals surface area contributed by atoms with Gasteiger partial charge < -0.3 is 0 Å². The lowest BCUT2D eigenvalue weighted by molar-refractivity contribution is 1.23. The molecule has 31 valence electrons. The van der Waals surface area contributed by atoms with Crippen molar-refractivity contribution in [1.29, 1.82) is 0 Å². The molecular formula is C4H4NS. The van der Waals surface area contributed by atoms with Crippen LogP contribution in [0.15, 0.2) is 10.4 Å². The van der Waals surface area contributed by atoms with Gasteiger partial charge in [0.1, 0.15) is 0 Å². The van der Waals surface area contributed by atoms with Gasteiger partial charge in [0.25, 0.3) is 0 Å². The van der Waals surface area contributed by atoms with E-state index in [4.69, 9.17) is 0 Å². The maximum Gasteiger partial charge on any atom is 0.0654 e. The minimum absolute atomic E-state index is 0.743. The Morgan fingerprint density at radius 3 is 3.00 bits per heavy atom. The van der Waals surface area contributed by atoms with Crippen LogP contribution in [-0.4, -0.2) is 12.1 Å². The van der Waals surface area contributed by atoms with Crippen molar-refractivity contribution in [2.24, 2.45) is 4.99 Å². The van der Waals surface area contributed by atoms with Crippen LogP contribution >= 0.6 is 11.8 Å². The lowest BCUT2D eigenvalue weighted by atomic mass is 10.6. The normalized spacial score (nSPS) is 18.7. The van der Waals surface area contributed by atoms with Crippen LogP contribution in [0.1, 0.15) is 0 Å². The van der Waals surface area contributed by atoms with E-state index in [1.165, 1.54) is 0 Å². The molecule has 0 bridgehead atoms. The maximum atomic E-state index is 3.87. The second kappa shape index (κ2) is 2.03. The summed E-state index contributed by atoms with van der Waals surface area (Å²) in [6.07, 6.45) is 2.92. The van der Waals surface area contributed by atoms with Crippen molar-refractivity contribution in [3.63, 3.8) is 0 Å².